The Labute approximate surface area is 94.6 Å². The van der Waals surface area contributed by atoms with Gasteiger partial charge in [-0.15, -0.1) is 0 Å². The summed E-state index contributed by atoms with van der Waals surface area (Å²) in [5, 5.41) is 9.04. The zero-order valence-corrected chi connectivity index (χ0v) is 9.49. The van der Waals surface area contributed by atoms with E-state index in [0.717, 1.165) is 0 Å². The number of nitriles is 1. The SMILES string of the molecule is N#CC1(c2c(Br)ccc(Cl)c2F)CC1. The van der Waals surface area contributed by atoms with E-state index in [4.69, 9.17) is 16.9 Å². The molecule has 0 spiro atoms. The third-order valence-electron chi connectivity index (χ3n) is 2.49. The Morgan fingerprint density at radius 1 is 1.50 bits per heavy atom. The van der Waals surface area contributed by atoms with Crippen molar-refractivity contribution in [2.24, 2.45) is 0 Å². The maximum Gasteiger partial charge on any atom is 0.147 e. The Morgan fingerprint density at radius 3 is 2.64 bits per heavy atom. The Kier molecular flexibility index (Phi) is 2.29. The summed E-state index contributed by atoms with van der Waals surface area (Å²) in [6.07, 6.45) is 1.42. The van der Waals surface area contributed by atoms with Crippen LogP contribution in [0.1, 0.15) is 18.4 Å². The third kappa shape index (κ3) is 1.34. The monoisotopic (exact) mass is 273 g/mol. The van der Waals surface area contributed by atoms with Crippen molar-refractivity contribution < 1.29 is 4.39 Å². The van der Waals surface area contributed by atoms with Gasteiger partial charge < -0.3 is 0 Å². The van der Waals surface area contributed by atoms with Crippen LogP contribution in [-0.2, 0) is 5.41 Å². The van der Waals surface area contributed by atoms with Crippen LogP contribution >= 0.6 is 27.5 Å². The van der Waals surface area contributed by atoms with Gasteiger partial charge in [-0.2, -0.15) is 5.26 Å². The molecule has 1 aliphatic carbocycles. The number of benzene rings is 1. The van der Waals surface area contributed by atoms with E-state index in [1.54, 1.807) is 6.07 Å². The largest absolute Gasteiger partial charge is 0.205 e. The summed E-state index contributed by atoms with van der Waals surface area (Å²) in [7, 11) is 0. The summed E-state index contributed by atoms with van der Waals surface area (Å²) in [5.41, 5.74) is -0.235. The van der Waals surface area contributed by atoms with Gasteiger partial charge in [-0.05, 0) is 25.0 Å². The lowest BCUT2D eigenvalue weighted by Crippen LogP contribution is -2.07. The summed E-state index contributed by atoms with van der Waals surface area (Å²) >= 11 is 8.92. The highest BCUT2D eigenvalue weighted by molar-refractivity contribution is 9.10. The highest BCUT2D eigenvalue weighted by atomic mass is 79.9. The molecule has 1 fully saturated rings. The van der Waals surface area contributed by atoms with Crippen LogP contribution in [0, 0.1) is 17.1 Å². The van der Waals surface area contributed by atoms with Gasteiger partial charge in [0.25, 0.3) is 0 Å². The van der Waals surface area contributed by atoms with Gasteiger partial charge >= 0.3 is 0 Å². The fraction of sp³-hybridized carbons (Fsp3) is 0.300. The van der Waals surface area contributed by atoms with Crippen molar-refractivity contribution >= 4 is 27.5 Å². The Hall–Kier alpha value is -0.590. The summed E-state index contributed by atoms with van der Waals surface area (Å²) in [6.45, 7) is 0. The minimum atomic E-state index is -0.645. The van der Waals surface area contributed by atoms with Crippen molar-refractivity contribution in [1.82, 2.24) is 0 Å². The molecular formula is C10H6BrClFN. The molecule has 4 heteroatoms. The maximum atomic E-state index is 13.7. The summed E-state index contributed by atoms with van der Waals surface area (Å²) in [6, 6.07) is 5.31. The van der Waals surface area contributed by atoms with Crippen molar-refractivity contribution in [2.45, 2.75) is 18.3 Å². The molecule has 0 bridgehead atoms. The van der Waals surface area contributed by atoms with E-state index < -0.39 is 11.2 Å². The van der Waals surface area contributed by atoms with Gasteiger partial charge in [-0.25, -0.2) is 4.39 Å². The minimum absolute atomic E-state index is 0.0738. The van der Waals surface area contributed by atoms with Crippen molar-refractivity contribution in [3.05, 3.63) is 33.0 Å². The summed E-state index contributed by atoms with van der Waals surface area (Å²) in [5.74, 6) is -0.472. The molecule has 1 aromatic rings. The maximum absolute atomic E-state index is 13.7. The zero-order valence-electron chi connectivity index (χ0n) is 7.15. The molecule has 0 aromatic heterocycles. The number of nitrogens with zero attached hydrogens (tertiary/aromatic N) is 1. The van der Waals surface area contributed by atoms with E-state index in [2.05, 4.69) is 22.0 Å². The van der Waals surface area contributed by atoms with Crippen LogP contribution in [0.5, 0.6) is 0 Å². The van der Waals surface area contributed by atoms with Crippen LogP contribution in [0.25, 0.3) is 0 Å². The second-order valence-electron chi connectivity index (χ2n) is 3.41. The van der Waals surface area contributed by atoms with Crippen LogP contribution in [0.4, 0.5) is 4.39 Å². The lowest BCUT2D eigenvalue weighted by molar-refractivity contribution is 0.598. The lowest BCUT2D eigenvalue weighted by Gasteiger charge is -2.11. The number of hydrogen-bond donors (Lipinski definition) is 0. The average Bonchev–Trinajstić information content (AvgIpc) is 2.93. The summed E-state index contributed by atoms with van der Waals surface area (Å²) in [4.78, 5) is 0. The second kappa shape index (κ2) is 3.22. The Bertz CT molecular complexity index is 434. The molecular weight excluding hydrogens is 268 g/mol. The zero-order chi connectivity index (χ0) is 10.3. The summed E-state index contributed by atoms with van der Waals surface area (Å²) < 4.78 is 14.3. The van der Waals surface area contributed by atoms with Gasteiger partial charge in [0, 0.05) is 10.0 Å². The number of rotatable bonds is 1. The smallest absolute Gasteiger partial charge is 0.147 e. The first-order chi connectivity index (χ1) is 6.60. The first-order valence-corrected chi connectivity index (χ1v) is 5.33. The second-order valence-corrected chi connectivity index (χ2v) is 4.67. The predicted molar refractivity (Wildman–Crippen MR) is 55.6 cm³/mol. The molecule has 0 aliphatic heterocycles. The van der Waals surface area contributed by atoms with E-state index in [1.807, 2.05) is 0 Å². The van der Waals surface area contributed by atoms with Crippen LogP contribution < -0.4 is 0 Å². The molecule has 14 heavy (non-hydrogen) atoms. The van der Waals surface area contributed by atoms with Gasteiger partial charge in [0.15, 0.2) is 0 Å². The normalized spacial score (nSPS) is 17.6. The topological polar surface area (TPSA) is 23.8 Å². The highest BCUT2D eigenvalue weighted by Gasteiger charge is 2.48. The number of hydrogen-bond acceptors (Lipinski definition) is 1. The highest BCUT2D eigenvalue weighted by Crippen LogP contribution is 2.51. The van der Waals surface area contributed by atoms with Crippen molar-refractivity contribution in [3.8, 4) is 6.07 Å². The van der Waals surface area contributed by atoms with Gasteiger partial charge in [-0.3, -0.25) is 0 Å². The molecule has 0 amide bonds. The Balaban J connectivity index is 2.64. The average molecular weight is 275 g/mol. The molecule has 0 heterocycles. The van der Waals surface area contributed by atoms with Crippen molar-refractivity contribution in [3.63, 3.8) is 0 Å². The van der Waals surface area contributed by atoms with Crippen molar-refractivity contribution in [1.29, 1.82) is 5.26 Å². The van der Waals surface area contributed by atoms with E-state index in [9.17, 15) is 4.39 Å². The molecule has 0 radical (unpaired) electrons. The van der Waals surface area contributed by atoms with E-state index in [-0.39, 0.29) is 5.02 Å². The molecule has 1 aromatic carbocycles. The fourth-order valence-electron chi connectivity index (χ4n) is 1.51. The molecule has 0 atom stereocenters. The Morgan fingerprint density at radius 2 is 2.14 bits per heavy atom. The number of halogens is 3. The van der Waals surface area contributed by atoms with Crippen LogP contribution in [-0.4, -0.2) is 0 Å². The minimum Gasteiger partial charge on any atom is -0.205 e. The molecule has 0 unspecified atom stereocenters. The molecule has 2 rings (SSSR count). The molecule has 1 nitrogen and oxygen atoms in total. The van der Waals surface area contributed by atoms with Crippen LogP contribution in [0.15, 0.2) is 16.6 Å². The van der Waals surface area contributed by atoms with E-state index in [1.165, 1.54) is 6.07 Å². The lowest BCUT2D eigenvalue weighted by atomic mass is 9.97. The van der Waals surface area contributed by atoms with Crippen LogP contribution in [0.2, 0.25) is 5.02 Å². The van der Waals surface area contributed by atoms with Crippen LogP contribution in [0.3, 0.4) is 0 Å². The predicted octanol–water partition coefficient (Wildman–Crippen LogP) is 3.80. The molecule has 1 saturated carbocycles. The molecule has 0 saturated heterocycles. The van der Waals surface area contributed by atoms with Gasteiger partial charge in [0.2, 0.25) is 0 Å². The molecule has 1 aliphatic rings. The third-order valence-corrected chi connectivity index (χ3v) is 3.44. The van der Waals surface area contributed by atoms with Gasteiger partial charge in [0.05, 0.1) is 16.5 Å². The first-order valence-electron chi connectivity index (χ1n) is 4.16. The molecule has 0 N–H and O–H groups in total. The van der Waals surface area contributed by atoms with Gasteiger partial charge in [0.1, 0.15) is 5.82 Å². The van der Waals surface area contributed by atoms with Crippen molar-refractivity contribution in [2.75, 3.05) is 0 Å². The standard InChI is InChI=1S/C10H6BrClFN/c11-6-1-2-7(12)9(13)8(6)10(5-14)3-4-10/h1-2H,3-4H2. The fourth-order valence-corrected chi connectivity index (χ4v) is 2.35. The van der Waals surface area contributed by atoms with E-state index in [0.29, 0.717) is 22.9 Å². The molecule has 72 valence electrons. The van der Waals surface area contributed by atoms with Gasteiger partial charge in [-0.1, -0.05) is 27.5 Å². The van der Waals surface area contributed by atoms with E-state index >= 15 is 0 Å². The first kappa shape index (κ1) is 9.95. The quantitative estimate of drug-likeness (QED) is 0.715.